The highest BCUT2D eigenvalue weighted by atomic mass is 32.2. The molecular formula is C24H33N5O2S. The van der Waals surface area contributed by atoms with Gasteiger partial charge >= 0.3 is 0 Å². The second kappa shape index (κ2) is 9.45. The van der Waals surface area contributed by atoms with Crippen LogP contribution in [0.3, 0.4) is 0 Å². The number of aromatic nitrogens is 1. The van der Waals surface area contributed by atoms with E-state index in [1.54, 1.807) is 0 Å². The number of benzene rings is 1. The molecule has 32 heavy (non-hydrogen) atoms. The van der Waals surface area contributed by atoms with E-state index in [0.717, 1.165) is 68.6 Å². The molecule has 3 aliphatic rings. The molecule has 2 saturated heterocycles. The zero-order valence-corrected chi connectivity index (χ0v) is 19.8. The summed E-state index contributed by atoms with van der Waals surface area (Å²) in [7, 11) is 2.21. The average molecular weight is 456 g/mol. The van der Waals surface area contributed by atoms with Crippen LogP contribution < -0.4 is 10.2 Å². The van der Waals surface area contributed by atoms with E-state index in [1.165, 1.54) is 22.2 Å². The molecule has 3 aliphatic heterocycles. The fraction of sp³-hybridized carbons (Fsp3) is 0.583. The number of aliphatic imine (C=N–C) groups is 1. The number of hydrogen-bond donors (Lipinski definition) is 2. The number of nitrogens with one attached hydrogen (secondary N) is 2. The number of anilines is 1. The molecule has 0 saturated carbocycles. The van der Waals surface area contributed by atoms with Crippen molar-refractivity contribution < 1.29 is 9.53 Å². The highest BCUT2D eigenvalue weighted by Crippen LogP contribution is 2.33. The molecule has 2 aromatic rings. The smallest absolute Gasteiger partial charge is 0.234 e. The van der Waals surface area contributed by atoms with Gasteiger partial charge in [0.25, 0.3) is 0 Å². The molecule has 1 atom stereocenters. The summed E-state index contributed by atoms with van der Waals surface area (Å²) in [6.07, 6.45) is 3.14. The molecule has 5 rings (SSSR count). The molecule has 2 fully saturated rings. The van der Waals surface area contributed by atoms with E-state index >= 15 is 0 Å². The van der Waals surface area contributed by atoms with Crippen molar-refractivity contribution in [2.45, 2.75) is 38.3 Å². The van der Waals surface area contributed by atoms with Gasteiger partial charge in [0.15, 0.2) is 0 Å². The third-order valence-corrected chi connectivity index (χ3v) is 7.96. The van der Waals surface area contributed by atoms with Gasteiger partial charge in [-0.05, 0) is 49.9 Å². The summed E-state index contributed by atoms with van der Waals surface area (Å²) in [5, 5.41) is 5.25. The number of ether oxygens (including phenoxy) is 1. The molecule has 1 aromatic heterocycles. The maximum atomic E-state index is 11.6. The summed E-state index contributed by atoms with van der Waals surface area (Å²) in [5.41, 5.74) is 4.87. The lowest BCUT2D eigenvalue weighted by Gasteiger charge is -2.33. The number of rotatable bonds is 6. The normalized spacial score (nSPS) is 22.9. The fourth-order valence-corrected chi connectivity index (χ4v) is 6.04. The monoisotopic (exact) mass is 455 g/mol. The van der Waals surface area contributed by atoms with Crippen molar-refractivity contribution in [3.63, 3.8) is 0 Å². The first-order valence-corrected chi connectivity index (χ1v) is 12.7. The second-order valence-electron chi connectivity index (χ2n) is 9.20. The largest absolute Gasteiger partial charge is 0.381 e. The molecule has 0 unspecified atom stereocenters. The summed E-state index contributed by atoms with van der Waals surface area (Å²) >= 11 is 1.84. The van der Waals surface area contributed by atoms with E-state index in [4.69, 9.17) is 9.73 Å². The fourth-order valence-electron chi connectivity index (χ4n) is 4.96. The summed E-state index contributed by atoms with van der Waals surface area (Å²) in [4.78, 5) is 25.0. The summed E-state index contributed by atoms with van der Waals surface area (Å²) < 4.78 is 5.57. The molecule has 7 nitrogen and oxygen atoms in total. The highest BCUT2D eigenvalue weighted by Gasteiger charge is 2.25. The van der Waals surface area contributed by atoms with Gasteiger partial charge in [-0.25, -0.2) is 0 Å². The van der Waals surface area contributed by atoms with Crippen molar-refractivity contribution in [3.05, 3.63) is 29.5 Å². The first-order valence-electron chi connectivity index (χ1n) is 11.7. The van der Waals surface area contributed by atoms with Crippen LogP contribution in [-0.2, 0) is 9.53 Å². The molecule has 1 amide bonds. The number of hydrogen-bond acceptors (Lipinski definition) is 6. The SMILES string of the molecule is Cc1cc(N(C)C2CCOCC2)c2[nH]c(C3=N[C@@H](CCN4CCNC(=O)C4)CS3)cc2c1. The Balaban J connectivity index is 1.32. The number of amides is 1. The van der Waals surface area contributed by atoms with Gasteiger partial charge in [0.1, 0.15) is 5.04 Å². The van der Waals surface area contributed by atoms with E-state index in [9.17, 15) is 4.79 Å². The van der Waals surface area contributed by atoms with Crippen molar-refractivity contribution in [1.29, 1.82) is 0 Å². The molecule has 172 valence electrons. The van der Waals surface area contributed by atoms with E-state index in [0.29, 0.717) is 18.6 Å². The number of carbonyl (C=O) groups excluding carboxylic acids is 1. The number of carbonyl (C=O) groups is 1. The Labute approximate surface area is 194 Å². The molecule has 2 N–H and O–H groups in total. The third-order valence-electron chi connectivity index (χ3n) is 6.81. The van der Waals surface area contributed by atoms with Crippen LogP contribution in [-0.4, -0.2) is 85.1 Å². The van der Waals surface area contributed by atoms with Gasteiger partial charge in [-0.1, -0.05) is 0 Å². The van der Waals surface area contributed by atoms with Gasteiger partial charge in [0.2, 0.25) is 5.91 Å². The van der Waals surface area contributed by atoms with Crippen molar-refractivity contribution in [3.8, 4) is 0 Å². The third kappa shape index (κ3) is 4.67. The number of nitrogens with zero attached hydrogens (tertiary/aromatic N) is 3. The topological polar surface area (TPSA) is 73.0 Å². The van der Waals surface area contributed by atoms with Crippen LogP contribution in [0, 0.1) is 6.92 Å². The number of H-pyrrole nitrogens is 1. The van der Waals surface area contributed by atoms with E-state index in [1.807, 2.05) is 11.8 Å². The molecule has 0 spiro atoms. The molecule has 4 heterocycles. The molecule has 0 bridgehead atoms. The Hall–Kier alpha value is -2.03. The summed E-state index contributed by atoms with van der Waals surface area (Å²) in [5.74, 6) is 1.15. The number of thioether (sulfide) groups is 1. The zero-order chi connectivity index (χ0) is 22.1. The van der Waals surface area contributed by atoms with Crippen LogP contribution >= 0.6 is 11.8 Å². The molecular weight excluding hydrogens is 422 g/mol. The first kappa shape index (κ1) is 21.8. The zero-order valence-electron chi connectivity index (χ0n) is 19.0. The van der Waals surface area contributed by atoms with Gasteiger partial charge in [0, 0.05) is 57.1 Å². The van der Waals surface area contributed by atoms with Gasteiger partial charge in [0.05, 0.1) is 29.5 Å². The number of piperazine rings is 1. The van der Waals surface area contributed by atoms with Gasteiger partial charge in [-0.15, -0.1) is 11.8 Å². The Kier molecular flexibility index (Phi) is 6.44. The minimum absolute atomic E-state index is 0.135. The van der Waals surface area contributed by atoms with E-state index in [2.05, 4.69) is 52.3 Å². The number of fused-ring (bicyclic) bond motifs is 1. The van der Waals surface area contributed by atoms with Gasteiger partial charge < -0.3 is 19.9 Å². The van der Waals surface area contributed by atoms with Crippen molar-refractivity contribution in [2.24, 2.45) is 4.99 Å². The maximum Gasteiger partial charge on any atom is 0.234 e. The highest BCUT2D eigenvalue weighted by molar-refractivity contribution is 8.14. The van der Waals surface area contributed by atoms with Crippen molar-refractivity contribution >= 4 is 39.3 Å². The molecule has 1 aromatic carbocycles. The van der Waals surface area contributed by atoms with Crippen LogP contribution in [0.2, 0.25) is 0 Å². The van der Waals surface area contributed by atoms with Crippen LogP contribution in [0.4, 0.5) is 5.69 Å². The maximum absolute atomic E-state index is 11.6. The minimum atomic E-state index is 0.135. The number of aryl methyl sites for hydroxylation is 1. The lowest BCUT2D eigenvalue weighted by molar-refractivity contribution is -0.124. The molecule has 0 aliphatic carbocycles. The lowest BCUT2D eigenvalue weighted by atomic mass is 10.0. The van der Waals surface area contributed by atoms with Crippen LogP contribution in [0.1, 0.15) is 30.5 Å². The Bertz CT molecular complexity index is 1010. The summed E-state index contributed by atoms with van der Waals surface area (Å²) in [6.45, 7) is 7.00. The quantitative estimate of drug-likeness (QED) is 0.701. The van der Waals surface area contributed by atoms with Crippen LogP contribution in [0.15, 0.2) is 23.2 Å². The molecule has 0 radical (unpaired) electrons. The van der Waals surface area contributed by atoms with Crippen LogP contribution in [0.5, 0.6) is 0 Å². The van der Waals surface area contributed by atoms with Crippen LogP contribution in [0.25, 0.3) is 10.9 Å². The van der Waals surface area contributed by atoms with Crippen molar-refractivity contribution in [1.82, 2.24) is 15.2 Å². The second-order valence-corrected chi connectivity index (χ2v) is 10.2. The van der Waals surface area contributed by atoms with Gasteiger partial charge in [-0.2, -0.15) is 0 Å². The Morgan fingerprint density at radius 2 is 2.12 bits per heavy atom. The Morgan fingerprint density at radius 1 is 1.28 bits per heavy atom. The van der Waals surface area contributed by atoms with E-state index < -0.39 is 0 Å². The lowest BCUT2D eigenvalue weighted by Crippen LogP contribution is -2.48. The summed E-state index contributed by atoms with van der Waals surface area (Å²) in [6, 6.07) is 7.64. The Morgan fingerprint density at radius 3 is 2.94 bits per heavy atom. The standard InChI is InChI=1S/C24H33N5O2S/c1-16-11-17-13-20(27-23(17)21(12-16)28(2)19-4-9-31-10-5-19)24-26-18(15-32-24)3-7-29-8-6-25-22(30)14-29/h11-13,18-19,27H,3-10,14-15H2,1-2H3,(H,25,30)/t18-/m0/s1. The molecule has 8 heteroatoms. The van der Waals surface area contributed by atoms with E-state index in [-0.39, 0.29) is 5.91 Å². The predicted octanol–water partition coefficient (Wildman–Crippen LogP) is 2.78. The predicted molar refractivity (Wildman–Crippen MR) is 132 cm³/mol. The average Bonchev–Trinajstić information content (AvgIpc) is 3.44. The van der Waals surface area contributed by atoms with Gasteiger partial charge in [-0.3, -0.25) is 14.7 Å². The first-order chi connectivity index (χ1) is 15.6. The van der Waals surface area contributed by atoms with Crippen molar-refractivity contribution in [2.75, 3.05) is 57.1 Å². The minimum Gasteiger partial charge on any atom is -0.381 e. The number of aromatic amines is 1.